The molecule has 0 aliphatic heterocycles. The number of hydrogen-bond acceptors (Lipinski definition) is 4. The van der Waals surface area contributed by atoms with Crippen LogP contribution in [-0.4, -0.2) is 46.6 Å². The van der Waals surface area contributed by atoms with E-state index in [4.69, 9.17) is 4.74 Å². The van der Waals surface area contributed by atoms with Crippen molar-refractivity contribution in [1.82, 2.24) is 20.4 Å². The summed E-state index contributed by atoms with van der Waals surface area (Å²) in [6, 6.07) is -1.83. The third kappa shape index (κ3) is 5.42. The molecule has 1 heterocycles. The zero-order valence-electron chi connectivity index (χ0n) is 12.5. The number of nitrogens with one attached hydrogen (secondary N) is 2. The van der Waals surface area contributed by atoms with Crippen LogP contribution in [0.5, 0.6) is 0 Å². The minimum absolute atomic E-state index is 0.150. The van der Waals surface area contributed by atoms with Gasteiger partial charge < -0.3 is 20.5 Å². The molecule has 2 amide bonds. The summed E-state index contributed by atoms with van der Waals surface area (Å²) in [7, 11) is 3.23. The molecule has 0 saturated carbocycles. The first kappa shape index (κ1) is 17.0. The summed E-state index contributed by atoms with van der Waals surface area (Å²) in [6.45, 7) is 2.38. The molecule has 0 saturated heterocycles. The molecular formula is C13H22N4O4. The number of carboxylic acid groups (broad SMARTS) is 1. The summed E-state index contributed by atoms with van der Waals surface area (Å²) >= 11 is 0. The van der Waals surface area contributed by atoms with Crippen LogP contribution in [0.3, 0.4) is 0 Å². The van der Waals surface area contributed by atoms with Crippen molar-refractivity contribution in [3.05, 3.63) is 18.0 Å². The lowest BCUT2D eigenvalue weighted by Crippen LogP contribution is -2.46. The third-order valence-electron chi connectivity index (χ3n) is 2.92. The molecule has 8 nitrogen and oxygen atoms in total. The van der Waals surface area contributed by atoms with E-state index in [1.807, 2.05) is 6.92 Å². The number of aromatic nitrogens is 2. The van der Waals surface area contributed by atoms with Crippen molar-refractivity contribution >= 4 is 12.0 Å². The molecule has 0 spiro atoms. The van der Waals surface area contributed by atoms with Gasteiger partial charge in [-0.15, -0.1) is 0 Å². The van der Waals surface area contributed by atoms with Crippen LogP contribution in [0.15, 0.2) is 12.4 Å². The van der Waals surface area contributed by atoms with E-state index in [9.17, 15) is 14.7 Å². The lowest BCUT2D eigenvalue weighted by atomic mass is 10.1. The standard InChI is InChI=1S/C13H22N4O4/c1-4-5-10(8-21-3)15-13(20)16-11(12(18)19)9-6-14-17(2)7-9/h6-7,10-11H,4-5,8H2,1-3H3,(H,18,19)(H2,15,16,20). The molecule has 2 atom stereocenters. The van der Waals surface area contributed by atoms with E-state index in [2.05, 4.69) is 15.7 Å². The van der Waals surface area contributed by atoms with E-state index in [-0.39, 0.29) is 6.04 Å². The molecule has 1 rings (SSSR count). The Morgan fingerprint density at radius 3 is 2.67 bits per heavy atom. The van der Waals surface area contributed by atoms with Crippen molar-refractivity contribution in [2.75, 3.05) is 13.7 Å². The van der Waals surface area contributed by atoms with Gasteiger partial charge >= 0.3 is 12.0 Å². The normalized spacial score (nSPS) is 13.5. The Labute approximate surface area is 123 Å². The lowest BCUT2D eigenvalue weighted by Gasteiger charge is -2.19. The number of hydrogen-bond donors (Lipinski definition) is 3. The van der Waals surface area contributed by atoms with Crippen LogP contribution < -0.4 is 10.6 Å². The summed E-state index contributed by atoms with van der Waals surface area (Å²) in [5.41, 5.74) is 0.416. The highest BCUT2D eigenvalue weighted by Gasteiger charge is 2.24. The van der Waals surface area contributed by atoms with Gasteiger partial charge in [0.2, 0.25) is 0 Å². The fourth-order valence-electron chi connectivity index (χ4n) is 1.98. The van der Waals surface area contributed by atoms with Gasteiger partial charge in [0.05, 0.1) is 18.8 Å². The Balaban J connectivity index is 2.66. The van der Waals surface area contributed by atoms with Gasteiger partial charge in [-0.25, -0.2) is 9.59 Å². The highest BCUT2D eigenvalue weighted by molar-refractivity contribution is 5.83. The Bertz CT molecular complexity index is 468. The summed E-state index contributed by atoms with van der Waals surface area (Å²) in [5, 5.41) is 18.3. The van der Waals surface area contributed by atoms with Gasteiger partial charge in [-0.05, 0) is 6.42 Å². The van der Waals surface area contributed by atoms with Gasteiger partial charge in [-0.3, -0.25) is 4.68 Å². The van der Waals surface area contributed by atoms with Gasteiger partial charge in [0, 0.05) is 25.9 Å². The van der Waals surface area contributed by atoms with E-state index in [0.717, 1.165) is 12.8 Å². The van der Waals surface area contributed by atoms with Crippen LogP contribution in [0.4, 0.5) is 4.79 Å². The number of carbonyl (C=O) groups excluding carboxylic acids is 1. The number of ether oxygens (including phenoxy) is 1. The average molecular weight is 298 g/mol. The van der Waals surface area contributed by atoms with Crippen molar-refractivity contribution in [1.29, 1.82) is 0 Å². The number of carbonyl (C=O) groups is 2. The minimum atomic E-state index is -1.14. The van der Waals surface area contributed by atoms with Crippen molar-refractivity contribution in [2.24, 2.45) is 7.05 Å². The molecule has 8 heteroatoms. The van der Waals surface area contributed by atoms with Crippen molar-refractivity contribution in [3.63, 3.8) is 0 Å². The Morgan fingerprint density at radius 1 is 1.48 bits per heavy atom. The first-order chi connectivity index (χ1) is 9.97. The molecule has 21 heavy (non-hydrogen) atoms. The van der Waals surface area contributed by atoms with E-state index < -0.39 is 18.0 Å². The maximum absolute atomic E-state index is 11.9. The second-order valence-electron chi connectivity index (χ2n) is 4.78. The van der Waals surface area contributed by atoms with Gasteiger partial charge in [0.25, 0.3) is 0 Å². The zero-order valence-corrected chi connectivity index (χ0v) is 12.5. The molecule has 1 aromatic heterocycles. The first-order valence-corrected chi connectivity index (χ1v) is 6.75. The number of aliphatic carboxylic acids is 1. The molecule has 0 aromatic carbocycles. The number of nitrogens with zero attached hydrogens (tertiary/aromatic N) is 2. The SMILES string of the molecule is CCCC(COC)NC(=O)NC(C(=O)O)c1cnn(C)c1. The molecule has 0 bridgehead atoms. The molecular weight excluding hydrogens is 276 g/mol. The van der Waals surface area contributed by atoms with Crippen LogP contribution in [0.1, 0.15) is 31.4 Å². The number of rotatable bonds is 8. The van der Waals surface area contributed by atoms with Crippen molar-refractivity contribution in [3.8, 4) is 0 Å². The third-order valence-corrected chi connectivity index (χ3v) is 2.92. The summed E-state index contributed by atoms with van der Waals surface area (Å²) in [6.07, 6.45) is 4.61. The van der Waals surface area contributed by atoms with Crippen LogP contribution in [0, 0.1) is 0 Å². The lowest BCUT2D eigenvalue weighted by molar-refractivity contribution is -0.139. The number of amides is 2. The largest absolute Gasteiger partial charge is 0.479 e. The number of carboxylic acids is 1. The van der Waals surface area contributed by atoms with E-state index in [0.29, 0.717) is 12.2 Å². The number of urea groups is 1. The highest BCUT2D eigenvalue weighted by Crippen LogP contribution is 2.11. The average Bonchev–Trinajstić information content (AvgIpc) is 2.82. The van der Waals surface area contributed by atoms with Crippen LogP contribution in [0.25, 0.3) is 0 Å². The smallest absolute Gasteiger partial charge is 0.331 e. The number of methoxy groups -OCH3 is 1. The molecule has 0 aliphatic carbocycles. The molecule has 1 aromatic rings. The zero-order chi connectivity index (χ0) is 15.8. The Hall–Kier alpha value is -2.09. The molecule has 0 fully saturated rings. The van der Waals surface area contributed by atoms with Crippen molar-refractivity contribution < 1.29 is 19.4 Å². The summed E-state index contributed by atoms with van der Waals surface area (Å²) in [4.78, 5) is 23.2. The second-order valence-corrected chi connectivity index (χ2v) is 4.78. The Kier molecular flexibility index (Phi) is 6.67. The van der Waals surface area contributed by atoms with Gasteiger partial charge in [-0.1, -0.05) is 13.3 Å². The Morgan fingerprint density at radius 2 is 2.19 bits per heavy atom. The van der Waals surface area contributed by atoms with Gasteiger partial charge in [-0.2, -0.15) is 5.10 Å². The molecule has 0 aliphatic rings. The van der Waals surface area contributed by atoms with E-state index in [1.165, 1.54) is 10.9 Å². The highest BCUT2D eigenvalue weighted by atomic mass is 16.5. The topological polar surface area (TPSA) is 105 Å². The summed E-state index contributed by atoms with van der Waals surface area (Å²) in [5.74, 6) is -1.14. The fourth-order valence-corrected chi connectivity index (χ4v) is 1.98. The minimum Gasteiger partial charge on any atom is -0.479 e. The van der Waals surface area contributed by atoms with Crippen LogP contribution >= 0.6 is 0 Å². The molecule has 118 valence electrons. The maximum Gasteiger partial charge on any atom is 0.331 e. The van der Waals surface area contributed by atoms with Crippen molar-refractivity contribution in [2.45, 2.75) is 31.8 Å². The maximum atomic E-state index is 11.9. The summed E-state index contributed by atoms with van der Waals surface area (Å²) < 4.78 is 6.51. The molecule has 3 N–H and O–H groups in total. The van der Waals surface area contributed by atoms with E-state index >= 15 is 0 Å². The number of aryl methyl sites for hydroxylation is 1. The quantitative estimate of drug-likeness (QED) is 0.654. The van der Waals surface area contributed by atoms with Gasteiger partial charge in [0.15, 0.2) is 6.04 Å². The molecule has 0 radical (unpaired) electrons. The monoisotopic (exact) mass is 298 g/mol. The van der Waals surface area contributed by atoms with E-state index in [1.54, 1.807) is 20.4 Å². The van der Waals surface area contributed by atoms with Crippen LogP contribution in [-0.2, 0) is 16.6 Å². The predicted molar refractivity (Wildman–Crippen MR) is 75.8 cm³/mol. The van der Waals surface area contributed by atoms with Crippen LogP contribution in [0.2, 0.25) is 0 Å². The first-order valence-electron chi connectivity index (χ1n) is 6.75. The fraction of sp³-hybridized carbons (Fsp3) is 0.615. The van der Waals surface area contributed by atoms with Gasteiger partial charge in [0.1, 0.15) is 0 Å². The second kappa shape index (κ2) is 8.25. The molecule has 2 unspecified atom stereocenters. The predicted octanol–water partition coefficient (Wildman–Crippen LogP) is 0.660.